The molecule has 0 saturated carbocycles. The van der Waals surface area contributed by atoms with Crippen LogP contribution in [0.15, 0.2) is 42.6 Å². The molecule has 0 aliphatic rings. The molecule has 0 spiro atoms. The van der Waals surface area contributed by atoms with E-state index < -0.39 is 45.9 Å². The number of hydrogen-bond donors (Lipinski definition) is 0. The lowest BCUT2D eigenvalue weighted by atomic mass is 9.82. The van der Waals surface area contributed by atoms with Gasteiger partial charge in [-0.25, -0.2) is 27.5 Å². The van der Waals surface area contributed by atoms with E-state index in [1.807, 2.05) is 20.8 Å². The molecule has 3 aromatic carbocycles. The molecule has 0 atom stereocenters. The summed E-state index contributed by atoms with van der Waals surface area (Å²) in [6.07, 6.45) is -0.733. The number of nitrogens with zero attached hydrogens (tertiary/aromatic N) is 2. The Bertz CT molecular complexity index is 1450. The average Bonchev–Trinajstić information content (AvgIpc) is 2.72. The molecule has 0 saturated heterocycles. The number of benzene rings is 3. The molecule has 0 bridgehead atoms. The summed E-state index contributed by atoms with van der Waals surface area (Å²) in [5.41, 5.74) is -1.05. The zero-order valence-corrected chi connectivity index (χ0v) is 15.1. The maximum Gasteiger partial charge on any atom is 0.199 e. The first-order valence-electron chi connectivity index (χ1n) is 10.4. The van der Waals surface area contributed by atoms with Gasteiger partial charge in [0.05, 0.1) is 15.2 Å². The lowest BCUT2D eigenvalue weighted by molar-refractivity contribution is 0.417. The average molecular weight is 388 g/mol. The summed E-state index contributed by atoms with van der Waals surface area (Å²) in [6, 6.07) is 3.66. The van der Waals surface area contributed by atoms with E-state index in [0.717, 1.165) is 0 Å². The fourth-order valence-electron chi connectivity index (χ4n) is 3.21. The quantitative estimate of drug-likeness (QED) is 0.217. The van der Waals surface area contributed by atoms with Crippen LogP contribution in [0.1, 0.15) is 31.8 Å². The van der Waals surface area contributed by atoms with Gasteiger partial charge >= 0.3 is 0 Å². The highest BCUT2D eigenvalue weighted by molar-refractivity contribution is 5.97. The van der Waals surface area contributed by atoms with E-state index in [0.29, 0.717) is 10.9 Å². The van der Waals surface area contributed by atoms with E-state index in [9.17, 15) is 17.6 Å². The molecule has 0 unspecified atom stereocenters. The fraction of sp³-hybridized carbons (Fsp3) is 0.182. The minimum absolute atomic E-state index is 0.110. The molecular formula is C22H16F4N2. The highest BCUT2D eigenvalue weighted by Crippen LogP contribution is 2.37. The SMILES string of the molecule is [2H]c1nc(-c2cc(C(C)(C)C)c3cc([2H])c([2H])c([2H])c3c2)c2c(F)c(F)c(F)c(F)c2n1. The van der Waals surface area contributed by atoms with Crippen LogP contribution in [-0.4, -0.2) is 9.97 Å². The van der Waals surface area contributed by atoms with Crippen molar-refractivity contribution in [2.24, 2.45) is 0 Å². The zero-order chi connectivity index (χ0) is 23.7. The van der Waals surface area contributed by atoms with E-state index in [1.165, 1.54) is 12.1 Å². The third kappa shape index (κ3) is 2.71. The molecule has 28 heavy (non-hydrogen) atoms. The Morgan fingerprint density at radius 1 is 0.893 bits per heavy atom. The second-order valence-corrected chi connectivity index (χ2v) is 7.43. The predicted molar refractivity (Wildman–Crippen MR) is 101 cm³/mol. The highest BCUT2D eigenvalue weighted by atomic mass is 19.2. The van der Waals surface area contributed by atoms with Crippen molar-refractivity contribution in [3.8, 4) is 11.3 Å². The topological polar surface area (TPSA) is 25.8 Å². The van der Waals surface area contributed by atoms with Gasteiger partial charge in [0.2, 0.25) is 0 Å². The first-order chi connectivity index (χ1) is 14.8. The zero-order valence-electron chi connectivity index (χ0n) is 19.1. The van der Waals surface area contributed by atoms with Crippen molar-refractivity contribution in [2.75, 3.05) is 0 Å². The van der Waals surface area contributed by atoms with Crippen molar-refractivity contribution in [2.45, 2.75) is 26.2 Å². The van der Waals surface area contributed by atoms with Crippen molar-refractivity contribution in [1.29, 1.82) is 0 Å². The van der Waals surface area contributed by atoms with Crippen LogP contribution >= 0.6 is 0 Å². The van der Waals surface area contributed by atoms with Gasteiger partial charge in [-0.05, 0) is 33.9 Å². The van der Waals surface area contributed by atoms with Crippen LogP contribution in [0.2, 0.25) is 0 Å². The Morgan fingerprint density at radius 3 is 2.32 bits per heavy atom. The first-order valence-corrected chi connectivity index (χ1v) is 8.38. The van der Waals surface area contributed by atoms with Gasteiger partial charge in [0.1, 0.15) is 13.2 Å². The van der Waals surface area contributed by atoms with Gasteiger partial charge in [-0.3, -0.25) is 0 Å². The smallest absolute Gasteiger partial charge is 0.199 e. The van der Waals surface area contributed by atoms with Crippen LogP contribution in [0, 0.1) is 23.3 Å². The summed E-state index contributed by atoms with van der Waals surface area (Å²) in [5, 5.41) is 0.0297. The van der Waals surface area contributed by atoms with Gasteiger partial charge in [-0.1, -0.05) is 45.0 Å². The Kier molecular flexibility index (Phi) is 3.14. The monoisotopic (exact) mass is 388 g/mol. The molecule has 0 N–H and O–H groups in total. The van der Waals surface area contributed by atoms with Crippen LogP contribution < -0.4 is 0 Å². The van der Waals surface area contributed by atoms with E-state index in [4.69, 9.17) is 5.48 Å². The van der Waals surface area contributed by atoms with E-state index in [1.54, 1.807) is 6.07 Å². The molecule has 4 aromatic rings. The molecule has 0 aliphatic heterocycles. The van der Waals surface area contributed by atoms with Crippen molar-refractivity contribution in [3.05, 3.63) is 71.5 Å². The number of halogens is 4. The first kappa shape index (κ1) is 14.0. The number of fused-ring (bicyclic) bond motifs is 2. The summed E-state index contributed by atoms with van der Waals surface area (Å²) >= 11 is 0. The third-order valence-corrected chi connectivity index (χ3v) is 4.55. The molecular weight excluding hydrogens is 368 g/mol. The Hall–Kier alpha value is -3.02. The van der Waals surface area contributed by atoms with Gasteiger partial charge < -0.3 is 0 Å². The third-order valence-electron chi connectivity index (χ3n) is 4.55. The van der Waals surface area contributed by atoms with Crippen molar-refractivity contribution in [1.82, 2.24) is 9.97 Å². The summed E-state index contributed by atoms with van der Waals surface area (Å²) in [7, 11) is 0. The molecule has 0 aliphatic carbocycles. The van der Waals surface area contributed by atoms with Crippen LogP contribution in [0.3, 0.4) is 0 Å². The summed E-state index contributed by atoms with van der Waals surface area (Å²) in [5.74, 6) is -7.49. The van der Waals surface area contributed by atoms with Crippen molar-refractivity contribution in [3.63, 3.8) is 0 Å². The fourth-order valence-corrected chi connectivity index (χ4v) is 3.21. The van der Waals surface area contributed by atoms with Crippen molar-refractivity contribution >= 4 is 21.7 Å². The van der Waals surface area contributed by atoms with Crippen LogP contribution in [0.4, 0.5) is 17.6 Å². The summed E-state index contributed by atoms with van der Waals surface area (Å²) < 4.78 is 89.0. The highest BCUT2D eigenvalue weighted by Gasteiger charge is 2.25. The Labute approximate surface area is 164 Å². The minimum Gasteiger partial charge on any atom is -0.236 e. The lowest BCUT2D eigenvalue weighted by Gasteiger charge is -2.23. The minimum atomic E-state index is -2.04. The molecule has 4 rings (SSSR count). The van der Waals surface area contributed by atoms with Gasteiger partial charge in [0, 0.05) is 5.56 Å². The van der Waals surface area contributed by atoms with Gasteiger partial charge in [-0.15, -0.1) is 0 Å². The number of aromatic nitrogens is 2. The Morgan fingerprint density at radius 2 is 1.61 bits per heavy atom. The molecule has 0 fully saturated rings. The summed E-state index contributed by atoms with van der Waals surface area (Å²) in [4.78, 5) is 7.30. The molecule has 142 valence electrons. The predicted octanol–water partition coefficient (Wildman–Crippen LogP) is 6.30. The van der Waals surface area contributed by atoms with E-state index >= 15 is 0 Å². The van der Waals surface area contributed by atoms with Crippen LogP contribution in [0.5, 0.6) is 0 Å². The van der Waals surface area contributed by atoms with Gasteiger partial charge in [-0.2, -0.15) is 0 Å². The number of hydrogen-bond acceptors (Lipinski definition) is 2. The largest absolute Gasteiger partial charge is 0.236 e. The van der Waals surface area contributed by atoms with E-state index in [2.05, 4.69) is 9.97 Å². The second kappa shape index (κ2) is 6.26. The maximum absolute atomic E-state index is 14.7. The second-order valence-electron chi connectivity index (χ2n) is 7.43. The standard InChI is InChI=1S/C22H16F4N2/c1-22(2,3)14-9-12(8-11-6-4-5-7-13(11)14)20-15-16(23)17(24)18(25)19(26)21(15)28-10-27-20/h4-10H,1-3H3/i4D,5D,6D,10D. The molecule has 1 heterocycles. The molecule has 6 heteroatoms. The van der Waals surface area contributed by atoms with Gasteiger partial charge in [0.25, 0.3) is 0 Å². The normalized spacial score (nSPS) is 14.1. The summed E-state index contributed by atoms with van der Waals surface area (Å²) in [6.45, 7) is 5.57. The van der Waals surface area contributed by atoms with Crippen molar-refractivity contribution < 1.29 is 23.0 Å². The van der Waals surface area contributed by atoms with Crippen LogP contribution in [-0.2, 0) is 5.41 Å². The molecule has 2 nitrogen and oxygen atoms in total. The number of rotatable bonds is 1. The van der Waals surface area contributed by atoms with Crippen LogP contribution in [0.25, 0.3) is 32.9 Å². The van der Waals surface area contributed by atoms with Gasteiger partial charge in [0.15, 0.2) is 23.3 Å². The molecule has 0 radical (unpaired) electrons. The molecule has 0 amide bonds. The lowest BCUT2D eigenvalue weighted by Crippen LogP contribution is -2.12. The molecule has 1 aromatic heterocycles. The van der Waals surface area contributed by atoms with E-state index in [-0.39, 0.29) is 34.8 Å². The Balaban J connectivity index is 2.23. The maximum atomic E-state index is 14.7.